The fourth-order valence-corrected chi connectivity index (χ4v) is 5.65. The molecule has 0 spiro atoms. The van der Waals surface area contributed by atoms with Crippen LogP contribution in [0.3, 0.4) is 0 Å². The number of anilines is 1. The fourth-order valence-electron chi connectivity index (χ4n) is 5.53. The van der Waals surface area contributed by atoms with Gasteiger partial charge in [0.15, 0.2) is 0 Å². The predicted octanol–water partition coefficient (Wildman–Crippen LogP) is 4.17. The molecule has 9 heteroatoms. The fraction of sp³-hybridized carbons (Fsp3) is 0.607. The average molecular weight is 528 g/mol. The molecule has 0 aliphatic carbocycles. The van der Waals surface area contributed by atoms with E-state index in [9.17, 15) is 4.79 Å². The van der Waals surface area contributed by atoms with Gasteiger partial charge in [-0.1, -0.05) is 11.6 Å². The molecule has 3 fully saturated rings. The van der Waals surface area contributed by atoms with Crippen LogP contribution in [0.5, 0.6) is 5.75 Å². The molecule has 0 radical (unpaired) electrons. The molecule has 1 aromatic heterocycles. The summed E-state index contributed by atoms with van der Waals surface area (Å²) in [5.74, 6) is 1.69. The van der Waals surface area contributed by atoms with Crippen LogP contribution in [0.2, 0.25) is 5.02 Å². The van der Waals surface area contributed by atoms with Gasteiger partial charge in [-0.25, -0.2) is 9.97 Å². The highest BCUT2D eigenvalue weighted by molar-refractivity contribution is 6.30. The van der Waals surface area contributed by atoms with Gasteiger partial charge in [0, 0.05) is 68.8 Å². The summed E-state index contributed by atoms with van der Waals surface area (Å²) < 4.78 is 12.5. The molecule has 1 amide bonds. The third-order valence-electron chi connectivity index (χ3n) is 7.56. The van der Waals surface area contributed by atoms with E-state index in [0.29, 0.717) is 37.7 Å². The Morgan fingerprint density at radius 1 is 0.946 bits per heavy atom. The molecule has 0 unspecified atom stereocenters. The second-order valence-corrected chi connectivity index (χ2v) is 11.0. The van der Waals surface area contributed by atoms with E-state index >= 15 is 0 Å². The number of hydrogen-bond donors (Lipinski definition) is 0. The van der Waals surface area contributed by atoms with E-state index in [1.807, 2.05) is 41.6 Å². The largest absolute Gasteiger partial charge is 0.491 e. The van der Waals surface area contributed by atoms with Gasteiger partial charge in [-0.15, -0.1) is 0 Å². The van der Waals surface area contributed by atoms with Crippen LogP contribution < -0.4 is 9.64 Å². The second-order valence-electron chi connectivity index (χ2n) is 10.5. The molecule has 2 aromatic rings. The quantitative estimate of drug-likeness (QED) is 0.510. The summed E-state index contributed by atoms with van der Waals surface area (Å²) in [4.78, 5) is 29.2. The summed E-state index contributed by atoms with van der Waals surface area (Å²) in [6, 6.07) is 7.32. The normalized spacial score (nSPS) is 23.2. The van der Waals surface area contributed by atoms with Crippen molar-refractivity contribution in [1.82, 2.24) is 19.8 Å². The third kappa shape index (κ3) is 7.12. The van der Waals surface area contributed by atoms with Gasteiger partial charge in [0.25, 0.3) is 0 Å². The summed E-state index contributed by atoms with van der Waals surface area (Å²) in [6.07, 6.45) is 11.2. The van der Waals surface area contributed by atoms with Gasteiger partial charge in [0.2, 0.25) is 11.9 Å². The summed E-state index contributed by atoms with van der Waals surface area (Å²) in [5.41, 5.74) is 0.346. The number of halogens is 1. The number of piperidine rings is 2. The van der Waals surface area contributed by atoms with Crippen molar-refractivity contribution >= 4 is 23.5 Å². The molecule has 1 aromatic carbocycles. The van der Waals surface area contributed by atoms with Gasteiger partial charge >= 0.3 is 0 Å². The number of likely N-dealkylation sites (tertiary alicyclic amines) is 1. The number of carbonyl (C=O) groups is 1. The Morgan fingerprint density at radius 3 is 2.32 bits per heavy atom. The Labute approximate surface area is 224 Å². The minimum absolute atomic E-state index is 0.149. The molecule has 0 bridgehead atoms. The molecule has 3 aliphatic heterocycles. The number of carbonyl (C=O) groups excluding carboxylic acids is 1. The summed E-state index contributed by atoms with van der Waals surface area (Å²) in [5, 5.41) is 0.663. The van der Waals surface area contributed by atoms with Crippen molar-refractivity contribution in [3.63, 3.8) is 0 Å². The minimum Gasteiger partial charge on any atom is -0.491 e. The molecular weight excluding hydrogens is 490 g/mol. The van der Waals surface area contributed by atoms with E-state index in [4.69, 9.17) is 21.1 Å². The van der Waals surface area contributed by atoms with Crippen molar-refractivity contribution in [1.29, 1.82) is 0 Å². The molecule has 0 N–H and O–H groups in total. The zero-order valence-corrected chi connectivity index (χ0v) is 22.4. The highest BCUT2D eigenvalue weighted by atomic mass is 35.5. The minimum atomic E-state index is -0.721. The summed E-state index contributed by atoms with van der Waals surface area (Å²) in [7, 11) is 0. The topological polar surface area (TPSA) is 71.0 Å². The maximum absolute atomic E-state index is 13.3. The van der Waals surface area contributed by atoms with Crippen LogP contribution in [0, 0.1) is 0 Å². The predicted molar refractivity (Wildman–Crippen MR) is 144 cm³/mol. The van der Waals surface area contributed by atoms with Gasteiger partial charge in [-0.05, 0) is 62.8 Å². The third-order valence-corrected chi connectivity index (χ3v) is 7.81. The molecule has 8 nitrogen and oxygen atoms in total. The van der Waals surface area contributed by atoms with E-state index in [0.717, 1.165) is 62.8 Å². The van der Waals surface area contributed by atoms with E-state index in [1.54, 1.807) is 0 Å². The summed E-state index contributed by atoms with van der Waals surface area (Å²) in [6.45, 7) is 6.68. The molecule has 4 heterocycles. The first-order valence-electron chi connectivity index (χ1n) is 13.7. The molecule has 0 saturated carbocycles. The number of amides is 1. The summed E-state index contributed by atoms with van der Waals surface area (Å²) >= 11 is 6.04. The number of rotatable bonds is 8. The SMILES string of the molecule is O=C(C[C@]1(COc2ccc(Cl)cc2)CN(Cc2cnc(N3CCCCC3)nc2)CCO1)N1CCCCC1. The van der Waals surface area contributed by atoms with Crippen LogP contribution in [-0.4, -0.2) is 83.8 Å². The van der Waals surface area contributed by atoms with Crippen LogP contribution in [0.15, 0.2) is 36.7 Å². The monoisotopic (exact) mass is 527 g/mol. The average Bonchev–Trinajstić information content (AvgIpc) is 2.94. The number of ether oxygens (including phenoxy) is 2. The molecule has 37 heavy (non-hydrogen) atoms. The van der Waals surface area contributed by atoms with Gasteiger partial charge < -0.3 is 19.3 Å². The van der Waals surface area contributed by atoms with Gasteiger partial charge in [0.1, 0.15) is 18.0 Å². The maximum Gasteiger partial charge on any atom is 0.225 e. The highest BCUT2D eigenvalue weighted by Crippen LogP contribution is 2.28. The van der Waals surface area contributed by atoms with Crippen molar-refractivity contribution in [3.05, 3.63) is 47.2 Å². The lowest BCUT2D eigenvalue weighted by Gasteiger charge is -2.43. The first-order chi connectivity index (χ1) is 18.1. The van der Waals surface area contributed by atoms with E-state index < -0.39 is 5.60 Å². The lowest BCUT2D eigenvalue weighted by Crippen LogP contribution is -2.57. The number of benzene rings is 1. The smallest absolute Gasteiger partial charge is 0.225 e. The zero-order chi connectivity index (χ0) is 25.5. The van der Waals surface area contributed by atoms with Crippen molar-refractivity contribution in [2.24, 2.45) is 0 Å². The van der Waals surface area contributed by atoms with Crippen LogP contribution in [-0.2, 0) is 16.1 Å². The van der Waals surface area contributed by atoms with Crippen molar-refractivity contribution < 1.29 is 14.3 Å². The van der Waals surface area contributed by atoms with E-state index in [-0.39, 0.29) is 5.91 Å². The zero-order valence-electron chi connectivity index (χ0n) is 21.6. The molecular formula is C28H38ClN5O3. The van der Waals surface area contributed by atoms with Crippen molar-refractivity contribution in [2.45, 2.75) is 57.1 Å². The Hall–Kier alpha value is -2.42. The number of morpholine rings is 1. The van der Waals surface area contributed by atoms with Crippen molar-refractivity contribution in [2.75, 3.05) is 57.4 Å². The highest BCUT2D eigenvalue weighted by Gasteiger charge is 2.41. The Morgan fingerprint density at radius 2 is 1.62 bits per heavy atom. The Bertz CT molecular complexity index is 1010. The molecule has 200 valence electrons. The van der Waals surface area contributed by atoms with E-state index in [1.165, 1.54) is 25.7 Å². The number of aromatic nitrogens is 2. The standard InChI is InChI=1S/C28H38ClN5O3/c29-24-7-9-25(10-8-24)36-22-28(17-26(35)33-11-3-1-4-12-33)21-32(15-16-37-28)20-23-18-30-27(31-19-23)34-13-5-2-6-14-34/h7-10,18-19H,1-6,11-17,20-22H2/t28-/m1/s1. The van der Waals surface area contributed by atoms with Crippen molar-refractivity contribution in [3.8, 4) is 5.75 Å². The lowest BCUT2D eigenvalue weighted by atomic mass is 9.96. The number of nitrogens with zero attached hydrogens (tertiary/aromatic N) is 5. The van der Waals surface area contributed by atoms with Crippen LogP contribution in [0.1, 0.15) is 50.5 Å². The Balaban J connectivity index is 1.26. The van der Waals surface area contributed by atoms with Gasteiger partial charge in [0.05, 0.1) is 13.0 Å². The first kappa shape index (κ1) is 26.2. The first-order valence-corrected chi connectivity index (χ1v) is 14.0. The molecule has 3 aliphatic rings. The van der Waals surface area contributed by atoms with Crippen LogP contribution >= 0.6 is 11.6 Å². The van der Waals surface area contributed by atoms with Gasteiger partial charge in [-0.2, -0.15) is 0 Å². The van der Waals surface area contributed by atoms with Crippen LogP contribution in [0.4, 0.5) is 5.95 Å². The second kappa shape index (κ2) is 12.4. The molecule has 3 saturated heterocycles. The Kier molecular flexibility index (Phi) is 8.79. The molecule has 5 rings (SSSR count). The number of hydrogen-bond acceptors (Lipinski definition) is 7. The van der Waals surface area contributed by atoms with Crippen LogP contribution in [0.25, 0.3) is 0 Å². The van der Waals surface area contributed by atoms with Gasteiger partial charge in [-0.3, -0.25) is 9.69 Å². The lowest BCUT2D eigenvalue weighted by molar-refractivity contribution is -0.157. The maximum atomic E-state index is 13.3. The van der Waals surface area contributed by atoms with E-state index in [2.05, 4.69) is 19.8 Å². The molecule has 1 atom stereocenters.